The van der Waals surface area contributed by atoms with E-state index in [1.807, 2.05) is 12.9 Å². The molecule has 0 radical (unpaired) electrons. The molecular weight excluding hydrogens is 315 g/mol. The summed E-state index contributed by atoms with van der Waals surface area (Å²) >= 11 is 6.15. The summed E-state index contributed by atoms with van der Waals surface area (Å²) in [5.74, 6) is 0. The van der Waals surface area contributed by atoms with Crippen LogP contribution in [0.25, 0.3) is 0 Å². The lowest BCUT2D eigenvalue weighted by atomic mass is 10.2. The molecule has 1 aromatic carbocycles. The lowest BCUT2D eigenvalue weighted by molar-refractivity contribution is -0.142. The minimum Gasteiger partial charge on any atom is -0.477 e. The SMILES string of the molecule is C=O.FC(F)(F)c1nc(Cl)sc1OCc1ccccc1. The van der Waals surface area contributed by atoms with Crippen LogP contribution in [0.5, 0.6) is 5.06 Å². The van der Waals surface area contributed by atoms with Crippen molar-refractivity contribution in [2.75, 3.05) is 0 Å². The van der Waals surface area contributed by atoms with Crippen LogP contribution in [-0.2, 0) is 17.6 Å². The summed E-state index contributed by atoms with van der Waals surface area (Å²) in [6.07, 6.45) is -4.56. The summed E-state index contributed by atoms with van der Waals surface area (Å²) in [7, 11) is 0. The van der Waals surface area contributed by atoms with Gasteiger partial charge < -0.3 is 9.53 Å². The Bertz CT molecular complexity index is 545. The zero-order valence-electron chi connectivity index (χ0n) is 9.98. The fourth-order valence-electron chi connectivity index (χ4n) is 1.28. The number of rotatable bonds is 3. The highest BCUT2D eigenvalue weighted by atomic mass is 35.5. The molecule has 1 heterocycles. The van der Waals surface area contributed by atoms with E-state index in [9.17, 15) is 13.2 Å². The standard InChI is InChI=1S/C11H7ClF3NOS.CH2O/c12-10-16-8(11(13,14)15)9(18-10)17-6-7-4-2-1-3-5-7;1-2/h1-5H,6H2;1H2. The van der Waals surface area contributed by atoms with Crippen LogP contribution in [-0.4, -0.2) is 11.8 Å². The molecule has 0 amide bonds. The highest BCUT2D eigenvalue weighted by molar-refractivity contribution is 7.17. The van der Waals surface area contributed by atoms with Gasteiger partial charge in [0, 0.05) is 0 Å². The monoisotopic (exact) mass is 323 g/mol. The molecule has 0 atom stereocenters. The Kier molecular flexibility index (Phi) is 5.97. The normalized spacial score (nSPS) is 10.6. The average molecular weight is 324 g/mol. The molecule has 0 N–H and O–H groups in total. The molecule has 2 rings (SSSR count). The zero-order chi connectivity index (χ0) is 15.2. The van der Waals surface area contributed by atoms with Crippen LogP contribution in [0.4, 0.5) is 13.2 Å². The molecule has 8 heteroatoms. The second-order valence-corrected chi connectivity index (χ2v) is 4.92. The quantitative estimate of drug-likeness (QED) is 0.849. The molecule has 0 saturated carbocycles. The van der Waals surface area contributed by atoms with Gasteiger partial charge in [-0.05, 0) is 5.56 Å². The van der Waals surface area contributed by atoms with Crippen molar-refractivity contribution in [2.24, 2.45) is 0 Å². The van der Waals surface area contributed by atoms with E-state index < -0.39 is 11.9 Å². The van der Waals surface area contributed by atoms with Crippen molar-refractivity contribution in [3.63, 3.8) is 0 Å². The summed E-state index contributed by atoms with van der Waals surface area (Å²) in [6.45, 7) is 2.04. The molecule has 0 unspecified atom stereocenters. The lowest BCUT2D eigenvalue weighted by Gasteiger charge is -2.07. The first-order valence-corrected chi connectivity index (χ1v) is 6.35. The number of hydrogen-bond donors (Lipinski definition) is 0. The molecule has 0 bridgehead atoms. The molecule has 0 aliphatic rings. The van der Waals surface area contributed by atoms with Gasteiger partial charge in [0.2, 0.25) is 5.06 Å². The van der Waals surface area contributed by atoms with Crippen LogP contribution in [0.1, 0.15) is 11.3 Å². The van der Waals surface area contributed by atoms with Gasteiger partial charge in [0.1, 0.15) is 13.4 Å². The Labute approximate surface area is 122 Å². The number of alkyl halides is 3. The summed E-state index contributed by atoms with van der Waals surface area (Å²) in [6, 6.07) is 8.89. The number of aromatic nitrogens is 1. The van der Waals surface area contributed by atoms with Crippen molar-refractivity contribution in [3.05, 3.63) is 46.1 Å². The van der Waals surface area contributed by atoms with Crippen LogP contribution >= 0.6 is 22.9 Å². The van der Waals surface area contributed by atoms with E-state index in [-0.39, 0.29) is 16.1 Å². The number of hydrogen-bond acceptors (Lipinski definition) is 4. The molecule has 0 spiro atoms. The molecule has 0 aliphatic carbocycles. The van der Waals surface area contributed by atoms with Crippen molar-refractivity contribution in [3.8, 4) is 5.06 Å². The van der Waals surface area contributed by atoms with Gasteiger partial charge in [-0.2, -0.15) is 13.2 Å². The van der Waals surface area contributed by atoms with E-state index in [1.165, 1.54) is 0 Å². The zero-order valence-corrected chi connectivity index (χ0v) is 11.6. The molecule has 2 aromatic rings. The average Bonchev–Trinajstić information content (AvgIpc) is 2.81. The van der Waals surface area contributed by atoms with E-state index in [2.05, 4.69) is 4.98 Å². The van der Waals surface area contributed by atoms with Gasteiger partial charge in [-0.15, -0.1) is 0 Å². The van der Waals surface area contributed by atoms with Crippen LogP contribution in [0.2, 0.25) is 4.47 Å². The molecule has 3 nitrogen and oxygen atoms in total. The van der Waals surface area contributed by atoms with Crippen molar-refractivity contribution >= 4 is 29.7 Å². The molecule has 108 valence electrons. The molecule has 0 aliphatic heterocycles. The number of nitrogens with zero attached hydrogens (tertiary/aromatic N) is 1. The second kappa shape index (κ2) is 7.25. The minimum atomic E-state index is -4.56. The van der Waals surface area contributed by atoms with Gasteiger partial charge in [-0.25, -0.2) is 4.98 Å². The number of thiazole rings is 1. The third-order valence-corrected chi connectivity index (χ3v) is 3.12. The van der Waals surface area contributed by atoms with E-state index in [4.69, 9.17) is 21.1 Å². The first-order valence-electron chi connectivity index (χ1n) is 5.16. The Morgan fingerprint density at radius 3 is 2.40 bits per heavy atom. The highest BCUT2D eigenvalue weighted by Crippen LogP contribution is 2.41. The van der Waals surface area contributed by atoms with Gasteiger partial charge in [0.15, 0.2) is 10.2 Å². The van der Waals surface area contributed by atoms with Gasteiger partial charge in [0.05, 0.1) is 0 Å². The predicted molar refractivity (Wildman–Crippen MR) is 70.0 cm³/mol. The number of benzene rings is 1. The summed E-state index contributed by atoms with van der Waals surface area (Å²) in [5, 5.41) is -0.309. The molecular formula is C12H9ClF3NO2S. The second-order valence-electron chi connectivity index (χ2n) is 3.37. The maximum absolute atomic E-state index is 12.6. The number of carbonyl (C=O) groups excluding carboxylic acids is 1. The third-order valence-electron chi connectivity index (χ3n) is 2.05. The predicted octanol–water partition coefficient (Wildman–Crippen LogP) is 4.21. The van der Waals surface area contributed by atoms with Crippen LogP contribution in [0.15, 0.2) is 30.3 Å². The van der Waals surface area contributed by atoms with Crippen LogP contribution in [0.3, 0.4) is 0 Å². The number of ether oxygens (including phenoxy) is 1. The summed E-state index contributed by atoms with van der Waals surface area (Å²) in [4.78, 5) is 11.2. The topological polar surface area (TPSA) is 39.2 Å². The maximum atomic E-state index is 12.6. The molecule has 0 saturated heterocycles. The van der Waals surface area contributed by atoms with Crippen molar-refractivity contribution in [1.82, 2.24) is 4.98 Å². The smallest absolute Gasteiger partial charge is 0.438 e. The molecule has 0 fully saturated rings. The van der Waals surface area contributed by atoms with Gasteiger partial charge in [-0.1, -0.05) is 53.3 Å². The Morgan fingerprint density at radius 2 is 1.85 bits per heavy atom. The van der Waals surface area contributed by atoms with E-state index >= 15 is 0 Å². The van der Waals surface area contributed by atoms with Crippen molar-refractivity contribution < 1.29 is 22.7 Å². The van der Waals surface area contributed by atoms with Crippen LogP contribution in [0, 0.1) is 0 Å². The minimum absolute atomic E-state index is 0.0441. The lowest BCUT2D eigenvalue weighted by Crippen LogP contribution is -2.08. The maximum Gasteiger partial charge on any atom is 0.438 e. The van der Waals surface area contributed by atoms with E-state index in [1.54, 1.807) is 24.3 Å². The Balaban J connectivity index is 0.000000956. The largest absolute Gasteiger partial charge is 0.477 e. The van der Waals surface area contributed by atoms with Gasteiger partial charge in [-0.3, -0.25) is 0 Å². The first-order chi connectivity index (χ1) is 9.47. The first kappa shape index (κ1) is 16.5. The highest BCUT2D eigenvalue weighted by Gasteiger charge is 2.38. The van der Waals surface area contributed by atoms with Crippen molar-refractivity contribution in [1.29, 1.82) is 0 Å². The fraction of sp³-hybridized carbons (Fsp3) is 0.167. The summed E-state index contributed by atoms with van der Waals surface area (Å²) in [5.41, 5.74) is -0.302. The Morgan fingerprint density at radius 1 is 1.25 bits per heavy atom. The van der Waals surface area contributed by atoms with E-state index in [0.717, 1.165) is 5.56 Å². The van der Waals surface area contributed by atoms with Gasteiger partial charge in [0.25, 0.3) is 0 Å². The summed E-state index contributed by atoms with van der Waals surface area (Å²) < 4.78 is 42.7. The molecule has 1 aromatic heterocycles. The van der Waals surface area contributed by atoms with Crippen LogP contribution < -0.4 is 4.74 Å². The molecule has 20 heavy (non-hydrogen) atoms. The Hall–Kier alpha value is -1.60. The van der Waals surface area contributed by atoms with Gasteiger partial charge >= 0.3 is 6.18 Å². The van der Waals surface area contributed by atoms with E-state index in [0.29, 0.717) is 11.3 Å². The third kappa shape index (κ3) is 4.50. The fourth-order valence-corrected chi connectivity index (χ4v) is 2.24. The number of carbonyl (C=O) groups is 1. The number of halogens is 4. The van der Waals surface area contributed by atoms with Crippen molar-refractivity contribution in [2.45, 2.75) is 12.8 Å².